The number of rotatable bonds is 7. The number of hydrogen-bond donors (Lipinski definition) is 1. The zero-order chi connectivity index (χ0) is 77.4. The fraction of sp³-hybridized carbons (Fsp3) is 0.0303. The summed E-state index contributed by atoms with van der Waals surface area (Å²) in [5.41, 5.74) is 48.4. The molecule has 118 heavy (non-hydrogen) atoms. The first-order chi connectivity index (χ1) is 58.2. The van der Waals surface area contributed by atoms with Gasteiger partial charge in [0.2, 0.25) is 20.1 Å². The first-order valence-electron chi connectivity index (χ1n) is 43.3. The molecule has 0 saturated carbocycles. The summed E-state index contributed by atoms with van der Waals surface area (Å²) in [7, 11) is 0.323. The van der Waals surface area contributed by atoms with Gasteiger partial charge in [0.1, 0.15) is 0 Å². The van der Waals surface area contributed by atoms with Crippen LogP contribution in [0.5, 0.6) is 0 Å². The van der Waals surface area contributed by atoms with Crippen molar-refractivity contribution < 1.29 is 0 Å². The van der Waals surface area contributed by atoms with Crippen LogP contribution >= 0.6 is 12.7 Å². The zero-order valence-corrected chi connectivity index (χ0v) is 68.4. The third kappa shape index (κ3) is 8.58. The van der Waals surface area contributed by atoms with E-state index in [2.05, 4.69) is 411 Å². The average molecular weight is 1530 g/mol. The SMILES string of the molecule is Cc1ccc2c(c1)-c1cccc3c1B2c1ccccc1N3c1ccccc1.Cc1ccc2c(c1)-c1cccc3c1B2c1ccccc1N3c1ccccc1.Cc1cccc2c1B1c3ccccc3-c3cccc(c31)N2c1ccccc1.[B]1B2B3[BH2-]P123NP12(c3cccc4c3-c3cccc5c3B4c3ccccc3N5c3ccccc3)B3[BH2-]B1B32. The van der Waals surface area contributed by atoms with Crippen LogP contribution in [0.25, 0.3) is 44.5 Å². The van der Waals surface area contributed by atoms with Crippen LogP contribution in [0, 0.1) is 20.8 Å². The van der Waals surface area contributed by atoms with Crippen molar-refractivity contribution in [3.63, 3.8) is 0 Å². The van der Waals surface area contributed by atoms with Gasteiger partial charge in [0.15, 0.2) is 0 Å². The van der Waals surface area contributed by atoms with Crippen molar-refractivity contribution >= 4 is 231 Å². The monoisotopic (exact) mass is 1530 g/mol. The summed E-state index contributed by atoms with van der Waals surface area (Å²) in [6.45, 7) is 11.2. The normalized spacial score (nSPS) is 17.6. The van der Waals surface area contributed by atoms with Gasteiger partial charge in [-0.15, -0.1) is 0 Å². The standard InChI is InChI=1S/3C25H18BN.C24H20B9N2P2/c1-17-9-7-15-22-24(17)26-21-14-6-5-12-19(21)20-13-8-16-23(25(20)26)27(22)18-10-3-2-4-11-18;2*1-17-14-15-21-20(16-17)19-10-7-13-24-25(19)26(21)22-11-5-6-12-23(22)27(24)18-8-3-2-4-9-18;1-2-8-16(9-3-1)35-20-13-5-4-11-18(20)28-19-12-7-15-22(23(19)17-10-6-14-21(35)24(17)28)36(29-25-30(36)33(29)36)34-37-26-31(37)32(37)27-37/h3*2-16H,1H3;1-15,34H,25-26H2/q;;;-2. The first-order valence-corrected chi connectivity index (χ1v) is 48.6. The molecule has 16 aromatic carbocycles. The van der Waals surface area contributed by atoms with Crippen molar-refractivity contribution in [1.29, 1.82) is 0 Å². The third-order valence-electron chi connectivity index (χ3n) is 31.9. The van der Waals surface area contributed by atoms with E-state index >= 15 is 0 Å². The molecule has 0 aromatic heterocycles. The second-order valence-corrected chi connectivity index (χ2v) is 48.8. The molecule has 15 aliphatic rings. The van der Waals surface area contributed by atoms with Gasteiger partial charge in [0.25, 0.3) is 0 Å². The minimum atomic E-state index is -1.82. The number of nitrogens with zero attached hydrogens (tertiary/aromatic N) is 4. The van der Waals surface area contributed by atoms with Gasteiger partial charge in [0.05, 0.1) is 0 Å². The number of benzene rings is 16. The van der Waals surface area contributed by atoms with Gasteiger partial charge in [-0.05, 0) is 160 Å². The zero-order valence-electron chi connectivity index (χ0n) is 66.6. The fourth-order valence-electron chi connectivity index (χ4n) is 26.5. The molecule has 31 rings (SSSR count). The second kappa shape index (κ2) is 23.8. The Morgan fingerprint density at radius 1 is 0.280 bits per heavy atom. The van der Waals surface area contributed by atoms with E-state index in [9.17, 15) is 0 Å². The summed E-state index contributed by atoms with van der Waals surface area (Å²) in [4.78, 5) is 14.7. The Hall–Kier alpha value is -11.7. The Morgan fingerprint density at radius 3 is 1.04 bits per heavy atom. The molecular weight excluding hydrogens is 1450 g/mol. The van der Waals surface area contributed by atoms with Crippen molar-refractivity contribution in [1.82, 2.24) is 4.86 Å². The topological polar surface area (TPSA) is 25.0 Å². The molecule has 7 saturated heterocycles. The van der Waals surface area contributed by atoms with Crippen LogP contribution in [0.4, 0.5) is 68.2 Å². The molecule has 15 heterocycles. The van der Waals surface area contributed by atoms with Crippen LogP contribution in [0.1, 0.15) is 16.7 Å². The summed E-state index contributed by atoms with van der Waals surface area (Å²) in [6.07, 6.45) is 2.74. The van der Waals surface area contributed by atoms with E-state index in [-0.39, 0.29) is 0 Å². The number of fused-ring (bicyclic) bond motifs is 21. The van der Waals surface area contributed by atoms with Crippen molar-refractivity contribution in [2.45, 2.75) is 20.8 Å². The van der Waals surface area contributed by atoms with Gasteiger partial charge in [-0.2, -0.15) is 0 Å². The molecular formula is C99H74B12N5P2-2. The molecule has 15 aliphatic heterocycles. The number of aryl methyl sites for hydroxylation is 3. The van der Waals surface area contributed by atoms with E-state index in [0.29, 0.717) is 40.8 Å². The van der Waals surface area contributed by atoms with Crippen LogP contribution in [-0.4, -0.2) is 78.8 Å². The molecule has 1 radical (unpaired) electrons. The molecule has 0 unspecified atom stereocenters. The molecule has 2 bridgehead atoms. The van der Waals surface area contributed by atoms with Crippen LogP contribution in [0.2, 0.25) is 0 Å². The van der Waals surface area contributed by atoms with Gasteiger partial charge >= 0.3 is 222 Å². The van der Waals surface area contributed by atoms with E-state index in [1.807, 2.05) is 5.30 Å². The van der Waals surface area contributed by atoms with Crippen molar-refractivity contribution in [2.24, 2.45) is 0 Å². The van der Waals surface area contributed by atoms with Gasteiger partial charge in [-0.3, -0.25) is 0 Å². The third-order valence-corrected chi connectivity index (χ3v) is 49.8. The van der Waals surface area contributed by atoms with E-state index < -0.39 is 12.7 Å². The predicted octanol–water partition coefficient (Wildman–Crippen LogP) is 13.1. The molecule has 543 valence electrons. The average Bonchev–Trinajstić information content (AvgIpc) is 1.33. The Balaban J connectivity index is 0.0000000847. The fourth-order valence-corrected chi connectivity index (χ4v) is 51.8. The summed E-state index contributed by atoms with van der Waals surface area (Å²) < 4.78 is 0. The van der Waals surface area contributed by atoms with E-state index in [1.54, 1.807) is 22.1 Å². The van der Waals surface area contributed by atoms with Crippen molar-refractivity contribution in [3.05, 3.63) is 381 Å². The Bertz CT molecular complexity index is 6920. The maximum atomic E-state index is 4.87. The van der Waals surface area contributed by atoms with Gasteiger partial charge in [-0.1, -0.05) is 233 Å². The molecule has 16 aromatic rings. The van der Waals surface area contributed by atoms with E-state index in [1.165, 1.54) is 192 Å². The molecule has 1 N–H and O–H groups in total. The summed E-state index contributed by atoms with van der Waals surface area (Å²) in [6, 6.07) is 135. The minimum absolute atomic E-state index is 0.322. The van der Waals surface area contributed by atoms with E-state index in [4.69, 9.17) is 4.86 Å². The Kier molecular flexibility index (Phi) is 13.6. The second-order valence-electron chi connectivity index (χ2n) is 36.8. The number of hydrogen-bond acceptors (Lipinski definition) is 5. The van der Waals surface area contributed by atoms with Gasteiger partial charge in [0, 0.05) is 51.2 Å². The number of anilines is 12. The predicted molar refractivity (Wildman–Crippen MR) is 527 cm³/mol. The van der Waals surface area contributed by atoms with Gasteiger partial charge in [-0.25, -0.2) is 0 Å². The van der Waals surface area contributed by atoms with Gasteiger partial charge < -0.3 is 14.7 Å². The molecule has 0 aliphatic carbocycles. The maximum absolute atomic E-state index is 4.87. The molecule has 5 nitrogen and oxygen atoms in total. The van der Waals surface area contributed by atoms with Crippen molar-refractivity contribution in [3.8, 4) is 44.5 Å². The van der Waals surface area contributed by atoms with Crippen LogP contribution < -0.4 is 95.3 Å². The molecule has 19 heteroatoms. The molecule has 7 fully saturated rings. The van der Waals surface area contributed by atoms with Crippen LogP contribution in [0.15, 0.2) is 364 Å². The Labute approximate surface area is 695 Å². The quantitative estimate of drug-likeness (QED) is 0.127. The molecule has 0 amide bonds. The van der Waals surface area contributed by atoms with Crippen molar-refractivity contribution in [2.75, 3.05) is 19.6 Å². The van der Waals surface area contributed by atoms with E-state index in [0.717, 1.165) is 12.4 Å². The first kappa shape index (κ1) is 67.4. The summed E-state index contributed by atoms with van der Waals surface area (Å²) in [5, 5.41) is 1.86. The Morgan fingerprint density at radius 2 is 0.610 bits per heavy atom. The van der Waals surface area contributed by atoms with Crippen LogP contribution in [-0.2, 0) is 0 Å². The number of para-hydroxylation sites is 7. The van der Waals surface area contributed by atoms with Crippen LogP contribution in [0.3, 0.4) is 0 Å². The summed E-state index contributed by atoms with van der Waals surface area (Å²) in [5.74, 6) is 0. The molecule has 0 atom stereocenters. The number of nitrogens with one attached hydrogen (secondary N) is 1. The summed E-state index contributed by atoms with van der Waals surface area (Å²) >= 11 is 0. The molecule has 1 spiro atoms.